The zero-order valence-electron chi connectivity index (χ0n) is 14.3. The molecule has 0 saturated carbocycles. The first-order valence-electron chi connectivity index (χ1n) is 8.05. The van der Waals surface area contributed by atoms with E-state index in [0.29, 0.717) is 12.4 Å². The second kappa shape index (κ2) is 7.27. The molecular weight excluding hydrogens is 300 g/mol. The lowest BCUT2D eigenvalue weighted by Gasteiger charge is -2.09. The molecule has 24 heavy (non-hydrogen) atoms. The fourth-order valence-electron chi connectivity index (χ4n) is 2.57. The summed E-state index contributed by atoms with van der Waals surface area (Å²) in [6, 6.07) is 16.2. The maximum absolute atomic E-state index is 5.47. The number of H-pyrrole nitrogens is 1. The van der Waals surface area contributed by atoms with E-state index in [-0.39, 0.29) is 0 Å². The summed E-state index contributed by atoms with van der Waals surface area (Å²) in [6.45, 7) is 3.53. The molecule has 0 unspecified atom stereocenters. The molecule has 0 atom stereocenters. The Balaban J connectivity index is 1.82. The molecule has 0 aliphatic heterocycles. The van der Waals surface area contributed by atoms with Crippen LogP contribution >= 0.6 is 0 Å². The molecule has 0 aliphatic rings. The van der Waals surface area contributed by atoms with Gasteiger partial charge in [-0.15, -0.1) is 0 Å². The Morgan fingerprint density at radius 3 is 2.54 bits per heavy atom. The fourth-order valence-corrected chi connectivity index (χ4v) is 2.57. The lowest BCUT2D eigenvalue weighted by Crippen LogP contribution is -2.10. The molecule has 124 valence electrons. The highest BCUT2D eigenvalue weighted by Gasteiger charge is 2.09. The van der Waals surface area contributed by atoms with Crippen LogP contribution in [0.15, 0.2) is 48.5 Å². The minimum atomic E-state index is 0.662. The summed E-state index contributed by atoms with van der Waals surface area (Å²) in [6.07, 6.45) is 0. The van der Waals surface area contributed by atoms with Gasteiger partial charge in [0.05, 0.1) is 6.61 Å². The predicted octanol–water partition coefficient (Wildman–Crippen LogP) is 3.60. The van der Waals surface area contributed by atoms with Crippen LogP contribution in [0.4, 0.5) is 0 Å². The van der Waals surface area contributed by atoms with Crippen molar-refractivity contribution in [3.8, 4) is 28.5 Å². The summed E-state index contributed by atoms with van der Waals surface area (Å²) >= 11 is 0. The average Bonchev–Trinajstić information content (AvgIpc) is 3.05. The van der Waals surface area contributed by atoms with Crippen molar-refractivity contribution >= 4 is 0 Å². The van der Waals surface area contributed by atoms with E-state index < -0.39 is 0 Å². The summed E-state index contributed by atoms with van der Waals surface area (Å²) in [7, 11) is 4.12. The molecule has 0 fully saturated rings. The molecule has 0 aliphatic carbocycles. The number of benzene rings is 2. The Labute approximate surface area is 142 Å². The highest BCUT2D eigenvalue weighted by Crippen LogP contribution is 2.23. The van der Waals surface area contributed by atoms with Gasteiger partial charge in [-0.05, 0) is 56.9 Å². The van der Waals surface area contributed by atoms with Gasteiger partial charge in [-0.3, -0.25) is 5.10 Å². The molecule has 0 spiro atoms. The molecule has 5 heteroatoms. The van der Waals surface area contributed by atoms with Crippen LogP contribution < -0.4 is 4.74 Å². The van der Waals surface area contributed by atoms with Gasteiger partial charge in [0.2, 0.25) is 0 Å². The van der Waals surface area contributed by atoms with Gasteiger partial charge in [0, 0.05) is 17.7 Å². The Hall–Kier alpha value is -2.66. The van der Waals surface area contributed by atoms with E-state index in [1.165, 1.54) is 5.56 Å². The molecule has 1 aromatic heterocycles. The van der Waals surface area contributed by atoms with Crippen LogP contribution in [-0.4, -0.2) is 40.8 Å². The van der Waals surface area contributed by atoms with Crippen LogP contribution in [0.3, 0.4) is 0 Å². The number of rotatable bonds is 6. The molecule has 0 bridgehead atoms. The number of ether oxygens (including phenoxy) is 1. The van der Waals surface area contributed by atoms with Crippen molar-refractivity contribution in [2.75, 3.05) is 20.7 Å². The fraction of sp³-hybridized carbons (Fsp3) is 0.263. The molecule has 1 N–H and O–H groups in total. The second-order valence-corrected chi connectivity index (χ2v) is 5.90. The quantitative estimate of drug-likeness (QED) is 0.753. The van der Waals surface area contributed by atoms with Crippen LogP contribution in [-0.2, 0) is 6.54 Å². The third-order valence-corrected chi connectivity index (χ3v) is 3.61. The smallest absolute Gasteiger partial charge is 0.181 e. The number of nitrogens with one attached hydrogen (secondary N) is 1. The highest BCUT2D eigenvalue weighted by molar-refractivity contribution is 5.62. The monoisotopic (exact) mass is 322 g/mol. The largest absolute Gasteiger partial charge is 0.494 e. The standard InChI is InChI=1S/C19H22N4O/c1-4-24-17-10-8-15(9-11-17)18-20-19(22-21-18)16-7-5-6-14(12-16)13-23(2)3/h5-12H,4,13H2,1-3H3,(H,20,21,22). The van der Waals surface area contributed by atoms with Gasteiger partial charge < -0.3 is 9.64 Å². The molecule has 3 aromatic rings. The van der Waals surface area contributed by atoms with E-state index in [9.17, 15) is 0 Å². The summed E-state index contributed by atoms with van der Waals surface area (Å²) in [5.41, 5.74) is 3.24. The molecular formula is C19H22N4O. The van der Waals surface area contributed by atoms with Crippen molar-refractivity contribution in [2.24, 2.45) is 0 Å². The van der Waals surface area contributed by atoms with Gasteiger partial charge >= 0.3 is 0 Å². The average molecular weight is 322 g/mol. The summed E-state index contributed by atoms with van der Waals surface area (Å²) in [5, 5.41) is 7.38. The van der Waals surface area contributed by atoms with E-state index in [1.54, 1.807) is 0 Å². The van der Waals surface area contributed by atoms with Crippen LogP contribution in [0.1, 0.15) is 12.5 Å². The van der Waals surface area contributed by atoms with Crippen molar-refractivity contribution < 1.29 is 4.74 Å². The Bertz CT molecular complexity index is 793. The van der Waals surface area contributed by atoms with Crippen molar-refractivity contribution in [1.29, 1.82) is 0 Å². The summed E-state index contributed by atoms with van der Waals surface area (Å²) < 4.78 is 5.47. The summed E-state index contributed by atoms with van der Waals surface area (Å²) in [5.74, 6) is 2.32. The molecule has 3 rings (SSSR count). The molecule has 5 nitrogen and oxygen atoms in total. The minimum absolute atomic E-state index is 0.662. The van der Waals surface area contributed by atoms with Gasteiger partial charge in [0.25, 0.3) is 0 Å². The second-order valence-electron chi connectivity index (χ2n) is 5.90. The van der Waals surface area contributed by atoms with Gasteiger partial charge in [-0.2, -0.15) is 5.10 Å². The first-order valence-corrected chi connectivity index (χ1v) is 8.05. The number of hydrogen-bond acceptors (Lipinski definition) is 4. The van der Waals surface area contributed by atoms with Crippen molar-refractivity contribution in [3.63, 3.8) is 0 Å². The van der Waals surface area contributed by atoms with E-state index >= 15 is 0 Å². The zero-order chi connectivity index (χ0) is 16.9. The molecule has 1 heterocycles. The first kappa shape index (κ1) is 16.2. The van der Waals surface area contributed by atoms with Crippen LogP contribution in [0.25, 0.3) is 22.8 Å². The minimum Gasteiger partial charge on any atom is -0.494 e. The Kier molecular flexibility index (Phi) is 4.91. The van der Waals surface area contributed by atoms with Crippen LogP contribution in [0.5, 0.6) is 5.75 Å². The van der Waals surface area contributed by atoms with E-state index in [0.717, 1.165) is 29.2 Å². The lowest BCUT2D eigenvalue weighted by molar-refractivity contribution is 0.340. The van der Waals surface area contributed by atoms with Gasteiger partial charge in [0.15, 0.2) is 11.6 Å². The van der Waals surface area contributed by atoms with E-state index in [1.807, 2.05) is 43.3 Å². The first-order chi connectivity index (χ1) is 11.7. The maximum atomic E-state index is 5.47. The third-order valence-electron chi connectivity index (χ3n) is 3.61. The van der Waals surface area contributed by atoms with Crippen molar-refractivity contribution in [1.82, 2.24) is 20.1 Å². The number of nitrogens with zero attached hydrogens (tertiary/aromatic N) is 3. The van der Waals surface area contributed by atoms with E-state index in [4.69, 9.17) is 4.74 Å². The van der Waals surface area contributed by atoms with Crippen LogP contribution in [0.2, 0.25) is 0 Å². The molecule has 0 saturated heterocycles. The number of aromatic nitrogens is 3. The van der Waals surface area contributed by atoms with Gasteiger partial charge in [-0.1, -0.05) is 18.2 Å². The number of aromatic amines is 1. The molecule has 0 radical (unpaired) electrons. The Morgan fingerprint density at radius 2 is 1.83 bits per heavy atom. The summed E-state index contributed by atoms with van der Waals surface area (Å²) in [4.78, 5) is 6.77. The molecule has 2 aromatic carbocycles. The Morgan fingerprint density at radius 1 is 1.04 bits per heavy atom. The third kappa shape index (κ3) is 3.81. The van der Waals surface area contributed by atoms with Crippen molar-refractivity contribution in [3.05, 3.63) is 54.1 Å². The maximum Gasteiger partial charge on any atom is 0.181 e. The predicted molar refractivity (Wildman–Crippen MR) is 95.8 cm³/mol. The zero-order valence-corrected chi connectivity index (χ0v) is 14.3. The van der Waals surface area contributed by atoms with Crippen molar-refractivity contribution in [2.45, 2.75) is 13.5 Å². The normalized spacial score (nSPS) is 11.0. The molecule has 0 amide bonds. The SMILES string of the molecule is CCOc1ccc(-c2nc(-c3cccc(CN(C)C)c3)n[nH]2)cc1. The van der Waals surface area contributed by atoms with Gasteiger partial charge in [0.1, 0.15) is 5.75 Å². The highest BCUT2D eigenvalue weighted by atomic mass is 16.5. The topological polar surface area (TPSA) is 54.0 Å². The van der Waals surface area contributed by atoms with Crippen LogP contribution in [0, 0.1) is 0 Å². The van der Waals surface area contributed by atoms with Gasteiger partial charge in [-0.25, -0.2) is 4.98 Å². The van der Waals surface area contributed by atoms with E-state index in [2.05, 4.69) is 46.3 Å². The number of hydrogen-bond donors (Lipinski definition) is 1. The lowest BCUT2D eigenvalue weighted by atomic mass is 10.1.